The quantitative estimate of drug-likeness (QED) is 0.305. The second kappa shape index (κ2) is 13.6. The fourth-order valence-corrected chi connectivity index (χ4v) is 3.42. The Balaban J connectivity index is 1.91. The molecule has 0 amide bonds. The first-order valence-electron chi connectivity index (χ1n) is 10.1. The summed E-state index contributed by atoms with van der Waals surface area (Å²) in [7, 11) is 0. The molecule has 0 aliphatic rings. The van der Waals surface area contributed by atoms with Crippen molar-refractivity contribution in [2.75, 3.05) is 0 Å². The van der Waals surface area contributed by atoms with Crippen LogP contribution in [0.5, 0.6) is 0 Å². The first kappa shape index (κ1) is 20.3. The minimum atomic E-state index is 1.27. The standard InChI is InChI=1S/C23H39/c1-4-5-6-7-8-9-10-11-12-13-14-15-18-21(2)23-20-17-16-19-22(23)3/h16-17,19-20H,4-15,18H2,1-3H3. The van der Waals surface area contributed by atoms with Crippen molar-refractivity contribution in [1.82, 2.24) is 0 Å². The molecule has 0 unspecified atom stereocenters. The molecule has 1 rings (SSSR count). The smallest absolute Gasteiger partial charge is 0.00216 e. The van der Waals surface area contributed by atoms with Crippen LogP contribution < -0.4 is 0 Å². The van der Waals surface area contributed by atoms with Gasteiger partial charge in [-0.2, -0.15) is 0 Å². The van der Waals surface area contributed by atoms with E-state index in [0.29, 0.717) is 0 Å². The van der Waals surface area contributed by atoms with E-state index >= 15 is 0 Å². The minimum Gasteiger partial charge on any atom is -0.0654 e. The number of hydrogen-bond donors (Lipinski definition) is 0. The van der Waals surface area contributed by atoms with Crippen LogP contribution in [0.15, 0.2) is 24.3 Å². The maximum Gasteiger partial charge on any atom is 0.00216 e. The Morgan fingerprint density at radius 2 is 1.17 bits per heavy atom. The molecule has 0 bridgehead atoms. The van der Waals surface area contributed by atoms with Crippen LogP contribution in [0.2, 0.25) is 0 Å². The lowest BCUT2D eigenvalue weighted by Crippen LogP contribution is -1.97. The van der Waals surface area contributed by atoms with Crippen molar-refractivity contribution in [3.05, 3.63) is 41.3 Å². The molecule has 0 aromatic heterocycles. The van der Waals surface area contributed by atoms with Gasteiger partial charge in [0.05, 0.1) is 0 Å². The maximum absolute atomic E-state index is 2.31. The van der Waals surface area contributed by atoms with E-state index < -0.39 is 0 Å². The van der Waals surface area contributed by atoms with Crippen LogP contribution in [0.3, 0.4) is 0 Å². The second-order valence-electron chi connectivity index (χ2n) is 7.23. The Morgan fingerprint density at radius 3 is 1.70 bits per heavy atom. The van der Waals surface area contributed by atoms with Gasteiger partial charge in [-0.3, -0.25) is 0 Å². The van der Waals surface area contributed by atoms with Gasteiger partial charge in [-0.1, -0.05) is 115 Å². The average molecular weight is 316 g/mol. The van der Waals surface area contributed by atoms with E-state index in [1.165, 1.54) is 94.6 Å². The van der Waals surface area contributed by atoms with Gasteiger partial charge in [-0.25, -0.2) is 0 Å². The van der Waals surface area contributed by atoms with Gasteiger partial charge in [0.15, 0.2) is 0 Å². The van der Waals surface area contributed by atoms with Crippen LogP contribution in [0.1, 0.15) is 108 Å². The molecular formula is C23H39. The van der Waals surface area contributed by atoms with Crippen molar-refractivity contribution >= 4 is 0 Å². The van der Waals surface area contributed by atoms with Gasteiger partial charge < -0.3 is 0 Å². The monoisotopic (exact) mass is 315 g/mol. The Labute approximate surface area is 146 Å². The molecule has 0 atom stereocenters. The number of rotatable bonds is 14. The number of benzene rings is 1. The van der Waals surface area contributed by atoms with Gasteiger partial charge in [-0.05, 0) is 24.5 Å². The highest BCUT2D eigenvalue weighted by Gasteiger charge is 2.07. The highest BCUT2D eigenvalue weighted by atomic mass is 14.1. The summed E-state index contributed by atoms with van der Waals surface area (Å²) in [6.45, 7) is 6.82. The van der Waals surface area contributed by atoms with Gasteiger partial charge in [-0.15, -0.1) is 0 Å². The fraction of sp³-hybridized carbons (Fsp3) is 0.696. The molecule has 131 valence electrons. The number of aryl methyl sites for hydroxylation is 1. The largest absolute Gasteiger partial charge is 0.0654 e. The molecular weight excluding hydrogens is 276 g/mol. The third-order valence-electron chi connectivity index (χ3n) is 5.01. The molecule has 0 fully saturated rings. The van der Waals surface area contributed by atoms with Crippen LogP contribution >= 0.6 is 0 Å². The Kier molecular flexibility index (Phi) is 12.0. The lowest BCUT2D eigenvalue weighted by molar-refractivity contribution is 0.541. The summed E-state index contributed by atoms with van der Waals surface area (Å²) >= 11 is 0. The van der Waals surface area contributed by atoms with Crippen LogP contribution in [0.4, 0.5) is 0 Å². The number of hydrogen-bond acceptors (Lipinski definition) is 0. The molecule has 1 radical (unpaired) electrons. The van der Waals surface area contributed by atoms with Crippen LogP contribution in [0, 0.1) is 12.8 Å². The zero-order valence-corrected chi connectivity index (χ0v) is 16.0. The molecule has 0 heterocycles. The average Bonchev–Trinajstić information content (AvgIpc) is 2.56. The SMILES string of the molecule is CCCCCCCCCCCCCC[C](C)c1ccccc1C. The Hall–Kier alpha value is -0.780. The fourth-order valence-electron chi connectivity index (χ4n) is 3.42. The van der Waals surface area contributed by atoms with Crippen LogP contribution in [-0.4, -0.2) is 0 Å². The van der Waals surface area contributed by atoms with Crippen molar-refractivity contribution in [3.63, 3.8) is 0 Å². The van der Waals surface area contributed by atoms with Crippen molar-refractivity contribution in [3.8, 4) is 0 Å². The molecule has 0 aliphatic carbocycles. The highest BCUT2D eigenvalue weighted by molar-refractivity contribution is 5.36. The molecule has 0 spiro atoms. The molecule has 0 saturated heterocycles. The lowest BCUT2D eigenvalue weighted by Gasteiger charge is -2.13. The summed E-state index contributed by atoms with van der Waals surface area (Å²) in [5, 5.41) is 0. The normalized spacial score (nSPS) is 11.3. The molecule has 0 aliphatic heterocycles. The van der Waals surface area contributed by atoms with Gasteiger partial charge in [0.2, 0.25) is 0 Å². The lowest BCUT2D eigenvalue weighted by atomic mass is 9.91. The van der Waals surface area contributed by atoms with Gasteiger partial charge >= 0.3 is 0 Å². The predicted octanol–water partition coefficient (Wildman–Crippen LogP) is 8.03. The topological polar surface area (TPSA) is 0 Å². The predicted molar refractivity (Wildman–Crippen MR) is 105 cm³/mol. The van der Waals surface area contributed by atoms with Crippen molar-refractivity contribution in [2.45, 2.75) is 104 Å². The van der Waals surface area contributed by atoms with Crippen LogP contribution in [0.25, 0.3) is 0 Å². The zero-order chi connectivity index (χ0) is 16.8. The third kappa shape index (κ3) is 9.84. The van der Waals surface area contributed by atoms with Gasteiger partial charge in [0.1, 0.15) is 0 Å². The van der Waals surface area contributed by atoms with E-state index in [1.807, 2.05) is 0 Å². The van der Waals surface area contributed by atoms with Crippen molar-refractivity contribution < 1.29 is 0 Å². The number of unbranched alkanes of at least 4 members (excludes halogenated alkanes) is 11. The van der Waals surface area contributed by atoms with Crippen LogP contribution in [-0.2, 0) is 0 Å². The van der Waals surface area contributed by atoms with Gasteiger partial charge in [0.25, 0.3) is 0 Å². The first-order chi connectivity index (χ1) is 11.3. The zero-order valence-electron chi connectivity index (χ0n) is 16.0. The van der Waals surface area contributed by atoms with E-state index in [1.54, 1.807) is 5.92 Å². The van der Waals surface area contributed by atoms with Gasteiger partial charge in [0, 0.05) is 5.92 Å². The minimum absolute atomic E-state index is 1.27. The molecule has 1 aromatic carbocycles. The highest BCUT2D eigenvalue weighted by Crippen LogP contribution is 2.24. The summed E-state index contributed by atoms with van der Waals surface area (Å²) in [6.07, 6.45) is 18.4. The molecule has 0 heteroatoms. The molecule has 1 aromatic rings. The molecule has 0 saturated carbocycles. The summed E-state index contributed by atoms with van der Waals surface area (Å²) in [5.74, 6) is 1.56. The Morgan fingerprint density at radius 1 is 0.696 bits per heavy atom. The Bertz CT molecular complexity index is 379. The second-order valence-corrected chi connectivity index (χ2v) is 7.23. The van der Waals surface area contributed by atoms with Crippen molar-refractivity contribution in [2.24, 2.45) is 0 Å². The maximum atomic E-state index is 2.31. The summed E-state index contributed by atoms with van der Waals surface area (Å²) in [4.78, 5) is 0. The summed E-state index contributed by atoms with van der Waals surface area (Å²) < 4.78 is 0. The van der Waals surface area contributed by atoms with Crippen molar-refractivity contribution in [1.29, 1.82) is 0 Å². The van der Waals surface area contributed by atoms with E-state index in [2.05, 4.69) is 45.0 Å². The third-order valence-corrected chi connectivity index (χ3v) is 5.01. The van der Waals surface area contributed by atoms with E-state index in [9.17, 15) is 0 Å². The summed E-state index contributed by atoms with van der Waals surface area (Å²) in [5.41, 5.74) is 2.89. The van der Waals surface area contributed by atoms with E-state index in [4.69, 9.17) is 0 Å². The molecule has 0 nitrogen and oxygen atoms in total. The molecule has 0 N–H and O–H groups in total. The first-order valence-corrected chi connectivity index (χ1v) is 10.1. The van der Waals surface area contributed by atoms with E-state index in [0.717, 1.165) is 0 Å². The molecule has 23 heavy (non-hydrogen) atoms. The van der Waals surface area contributed by atoms with E-state index in [-0.39, 0.29) is 0 Å². The summed E-state index contributed by atoms with van der Waals surface area (Å²) in [6, 6.07) is 8.79.